The SMILES string of the molecule is NCCCCCCNc1nc(N)nc2c1ncn2CCOCP(=O)(O)O. The van der Waals surface area contributed by atoms with E-state index in [1.165, 1.54) is 0 Å². The molecule has 12 heteroatoms. The highest BCUT2D eigenvalue weighted by Gasteiger charge is 2.14. The number of fused-ring (bicyclic) bond motifs is 1. The zero-order valence-electron chi connectivity index (χ0n) is 14.5. The Morgan fingerprint density at radius 1 is 1.23 bits per heavy atom. The summed E-state index contributed by atoms with van der Waals surface area (Å²) in [4.78, 5) is 30.3. The van der Waals surface area contributed by atoms with Crippen LogP contribution in [-0.4, -0.2) is 55.4 Å². The fourth-order valence-corrected chi connectivity index (χ4v) is 2.79. The van der Waals surface area contributed by atoms with E-state index in [4.69, 9.17) is 26.0 Å². The molecule has 0 aliphatic heterocycles. The first-order valence-corrected chi connectivity index (χ1v) is 10.2. The predicted molar refractivity (Wildman–Crippen MR) is 98.6 cm³/mol. The van der Waals surface area contributed by atoms with Crippen molar-refractivity contribution in [1.82, 2.24) is 19.5 Å². The van der Waals surface area contributed by atoms with Crippen molar-refractivity contribution in [3.63, 3.8) is 0 Å². The first kappa shape index (κ1) is 20.5. The lowest BCUT2D eigenvalue weighted by molar-refractivity contribution is 0.149. The number of imidazole rings is 1. The third-order valence-electron chi connectivity index (χ3n) is 3.64. The summed E-state index contributed by atoms with van der Waals surface area (Å²) in [5.41, 5.74) is 12.4. The molecule has 2 aromatic rings. The molecule has 0 bridgehead atoms. The lowest BCUT2D eigenvalue weighted by Gasteiger charge is -2.09. The lowest BCUT2D eigenvalue weighted by atomic mass is 10.2. The summed E-state index contributed by atoms with van der Waals surface area (Å²) >= 11 is 0. The molecule has 0 saturated carbocycles. The molecular weight excluding hydrogens is 361 g/mol. The van der Waals surface area contributed by atoms with Gasteiger partial charge in [-0.05, 0) is 19.4 Å². The van der Waals surface area contributed by atoms with E-state index in [1.54, 1.807) is 10.9 Å². The Hall–Kier alpha value is -1.78. The van der Waals surface area contributed by atoms with Gasteiger partial charge in [0.15, 0.2) is 17.0 Å². The van der Waals surface area contributed by atoms with Crippen LogP contribution in [0, 0.1) is 0 Å². The number of hydrogen-bond acceptors (Lipinski definition) is 8. The molecule has 2 heterocycles. The fourth-order valence-electron chi connectivity index (χ4n) is 2.42. The number of nitrogens with one attached hydrogen (secondary N) is 1. The summed E-state index contributed by atoms with van der Waals surface area (Å²) < 4.78 is 17.5. The van der Waals surface area contributed by atoms with Crippen molar-refractivity contribution in [3.05, 3.63) is 6.33 Å². The first-order chi connectivity index (χ1) is 12.4. The molecule has 0 atom stereocenters. The van der Waals surface area contributed by atoms with Crippen molar-refractivity contribution in [2.24, 2.45) is 5.73 Å². The Bertz CT molecular complexity index is 748. The molecule has 0 aromatic carbocycles. The van der Waals surface area contributed by atoms with Crippen molar-refractivity contribution in [2.75, 3.05) is 37.1 Å². The van der Waals surface area contributed by atoms with E-state index in [9.17, 15) is 4.57 Å². The van der Waals surface area contributed by atoms with Gasteiger partial charge >= 0.3 is 7.60 Å². The van der Waals surface area contributed by atoms with Gasteiger partial charge in [0, 0.05) is 13.1 Å². The van der Waals surface area contributed by atoms with Gasteiger partial charge < -0.3 is 35.9 Å². The number of unbranched alkanes of at least 4 members (excludes halogenated alkanes) is 3. The highest BCUT2D eigenvalue weighted by molar-refractivity contribution is 7.51. The molecule has 0 fully saturated rings. The van der Waals surface area contributed by atoms with Crippen molar-refractivity contribution in [2.45, 2.75) is 32.2 Å². The molecule has 0 aliphatic rings. The third-order valence-corrected chi connectivity index (χ3v) is 4.16. The maximum absolute atomic E-state index is 10.8. The average Bonchev–Trinajstić information content (AvgIpc) is 2.97. The van der Waals surface area contributed by atoms with Crippen molar-refractivity contribution >= 4 is 30.5 Å². The number of nitrogen functional groups attached to an aromatic ring is 1. The normalized spacial score (nSPS) is 12.0. The van der Waals surface area contributed by atoms with Crippen LogP contribution in [0.25, 0.3) is 11.2 Å². The molecule has 146 valence electrons. The summed E-state index contributed by atoms with van der Waals surface area (Å²) in [7, 11) is -4.17. The van der Waals surface area contributed by atoms with Gasteiger partial charge in [0.05, 0.1) is 12.9 Å². The molecule has 0 aliphatic carbocycles. The van der Waals surface area contributed by atoms with Gasteiger partial charge in [-0.1, -0.05) is 12.8 Å². The van der Waals surface area contributed by atoms with Crippen LogP contribution >= 0.6 is 7.60 Å². The number of ether oxygens (including phenoxy) is 1. The van der Waals surface area contributed by atoms with E-state index < -0.39 is 13.9 Å². The van der Waals surface area contributed by atoms with Gasteiger partial charge in [0.1, 0.15) is 6.35 Å². The Labute approximate surface area is 151 Å². The van der Waals surface area contributed by atoms with Crippen LogP contribution < -0.4 is 16.8 Å². The molecule has 0 saturated heterocycles. The van der Waals surface area contributed by atoms with Crippen LogP contribution in [0.4, 0.5) is 11.8 Å². The predicted octanol–water partition coefficient (Wildman–Crippen LogP) is 0.491. The molecule has 26 heavy (non-hydrogen) atoms. The van der Waals surface area contributed by atoms with Gasteiger partial charge in [0.25, 0.3) is 0 Å². The molecule has 0 unspecified atom stereocenters. The van der Waals surface area contributed by atoms with Crippen LogP contribution in [0.1, 0.15) is 25.7 Å². The van der Waals surface area contributed by atoms with Crippen molar-refractivity contribution in [1.29, 1.82) is 0 Å². The van der Waals surface area contributed by atoms with E-state index in [0.717, 1.165) is 32.2 Å². The minimum Gasteiger partial charge on any atom is -0.368 e. The van der Waals surface area contributed by atoms with Gasteiger partial charge in [0.2, 0.25) is 5.95 Å². The molecule has 0 amide bonds. The monoisotopic (exact) mass is 387 g/mol. The standard InChI is InChI=1S/C14H26N7O4P/c15-5-3-1-2-4-6-17-12-11-13(20-14(16)19-12)21(9-18-11)7-8-25-10-26(22,23)24/h9H,1-8,10,15H2,(H2,22,23,24)(H3,16,17,19,20). The zero-order chi connectivity index (χ0) is 19.0. The first-order valence-electron chi connectivity index (χ1n) is 8.45. The number of nitrogens with zero attached hydrogens (tertiary/aromatic N) is 4. The van der Waals surface area contributed by atoms with Gasteiger partial charge in [-0.2, -0.15) is 9.97 Å². The van der Waals surface area contributed by atoms with Crippen LogP contribution in [0.2, 0.25) is 0 Å². The molecule has 2 aromatic heterocycles. The Balaban J connectivity index is 1.95. The second kappa shape index (κ2) is 9.79. The number of nitrogens with two attached hydrogens (primary N) is 2. The third kappa shape index (κ3) is 6.50. The van der Waals surface area contributed by atoms with Gasteiger partial charge in [-0.25, -0.2) is 4.98 Å². The second-order valence-electron chi connectivity index (χ2n) is 5.87. The fraction of sp³-hybridized carbons (Fsp3) is 0.643. The molecule has 2 rings (SSSR count). The molecule has 0 spiro atoms. The minimum atomic E-state index is -4.17. The smallest absolute Gasteiger partial charge is 0.350 e. The highest BCUT2D eigenvalue weighted by atomic mass is 31.2. The van der Waals surface area contributed by atoms with Crippen molar-refractivity contribution < 1.29 is 19.1 Å². The second-order valence-corrected chi connectivity index (χ2v) is 7.46. The van der Waals surface area contributed by atoms with E-state index in [1.807, 2.05) is 0 Å². The topological polar surface area (TPSA) is 174 Å². The van der Waals surface area contributed by atoms with Gasteiger partial charge in [-0.15, -0.1) is 0 Å². The van der Waals surface area contributed by atoms with Crippen LogP contribution in [0.3, 0.4) is 0 Å². The van der Waals surface area contributed by atoms with Crippen LogP contribution in [-0.2, 0) is 15.8 Å². The average molecular weight is 387 g/mol. The van der Waals surface area contributed by atoms with E-state index >= 15 is 0 Å². The summed E-state index contributed by atoms with van der Waals surface area (Å²) in [5.74, 6) is 0.697. The molecule has 0 radical (unpaired) electrons. The van der Waals surface area contributed by atoms with Crippen LogP contribution in [0.5, 0.6) is 0 Å². The Morgan fingerprint density at radius 3 is 2.73 bits per heavy atom. The number of rotatable bonds is 12. The highest BCUT2D eigenvalue weighted by Crippen LogP contribution is 2.33. The number of aromatic nitrogens is 4. The quantitative estimate of drug-likeness (QED) is 0.254. The number of anilines is 2. The minimum absolute atomic E-state index is 0.115. The molecule has 7 N–H and O–H groups in total. The van der Waals surface area contributed by atoms with Gasteiger partial charge in [-0.3, -0.25) is 4.57 Å². The summed E-state index contributed by atoms with van der Waals surface area (Å²) in [6.07, 6.45) is 5.16. The summed E-state index contributed by atoms with van der Waals surface area (Å²) in [6, 6.07) is 0. The Morgan fingerprint density at radius 2 is 2.00 bits per heavy atom. The van der Waals surface area contributed by atoms with E-state index in [0.29, 0.717) is 30.1 Å². The number of hydrogen-bond donors (Lipinski definition) is 5. The van der Waals surface area contributed by atoms with E-state index in [2.05, 4.69) is 20.3 Å². The lowest BCUT2D eigenvalue weighted by Crippen LogP contribution is -2.09. The molecule has 11 nitrogen and oxygen atoms in total. The maximum Gasteiger partial charge on any atom is 0.350 e. The van der Waals surface area contributed by atoms with Crippen LogP contribution in [0.15, 0.2) is 6.33 Å². The maximum atomic E-state index is 10.8. The van der Waals surface area contributed by atoms with E-state index in [-0.39, 0.29) is 12.6 Å². The summed E-state index contributed by atoms with van der Waals surface area (Å²) in [5, 5.41) is 3.23. The zero-order valence-corrected chi connectivity index (χ0v) is 15.4. The Kier molecular flexibility index (Phi) is 7.73. The molecular formula is C14H26N7O4P. The summed E-state index contributed by atoms with van der Waals surface area (Å²) in [6.45, 7) is 1.91. The largest absolute Gasteiger partial charge is 0.368 e. The van der Waals surface area contributed by atoms with Crippen molar-refractivity contribution in [3.8, 4) is 0 Å².